The van der Waals surface area contributed by atoms with Crippen molar-refractivity contribution in [1.29, 1.82) is 0 Å². The van der Waals surface area contributed by atoms with Crippen molar-refractivity contribution < 1.29 is 9.32 Å². The zero-order valence-corrected chi connectivity index (χ0v) is 16.8. The van der Waals surface area contributed by atoms with E-state index >= 15 is 0 Å². The third-order valence-electron chi connectivity index (χ3n) is 5.25. The van der Waals surface area contributed by atoms with Crippen molar-refractivity contribution in [3.05, 3.63) is 63.7 Å². The molecular formula is C21H24N4O2S. The van der Waals surface area contributed by atoms with Crippen LogP contribution in [0.5, 0.6) is 0 Å². The van der Waals surface area contributed by atoms with E-state index in [4.69, 9.17) is 4.52 Å². The maximum Gasteiger partial charge on any atom is 0.271 e. The summed E-state index contributed by atoms with van der Waals surface area (Å²) in [5, 5.41) is 10.1. The molecule has 2 aromatic heterocycles. The fraction of sp³-hybridized carbons (Fsp3) is 0.429. The first-order valence-electron chi connectivity index (χ1n) is 9.76. The summed E-state index contributed by atoms with van der Waals surface area (Å²) in [5.41, 5.74) is 1.07. The van der Waals surface area contributed by atoms with Gasteiger partial charge in [-0.25, -0.2) is 4.98 Å². The van der Waals surface area contributed by atoms with E-state index in [1.54, 1.807) is 6.92 Å². The molecule has 1 aliphatic carbocycles. The van der Waals surface area contributed by atoms with E-state index in [2.05, 4.69) is 32.6 Å². The van der Waals surface area contributed by atoms with Gasteiger partial charge in [-0.15, -0.1) is 11.3 Å². The van der Waals surface area contributed by atoms with Gasteiger partial charge >= 0.3 is 0 Å². The average Bonchev–Trinajstić information content (AvgIpc) is 3.28. The lowest BCUT2D eigenvalue weighted by molar-refractivity contribution is 0.0872. The van der Waals surface area contributed by atoms with Crippen molar-refractivity contribution in [3.63, 3.8) is 0 Å². The number of aromatic nitrogens is 3. The molecule has 4 rings (SSSR count). The Morgan fingerprint density at radius 2 is 1.89 bits per heavy atom. The first-order chi connectivity index (χ1) is 13.6. The van der Waals surface area contributed by atoms with E-state index in [0.717, 1.165) is 50.0 Å². The molecule has 1 N–H and O–H groups in total. The number of hydrogen-bond acceptors (Lipinski definition) is 6. The molecule has 0 radical (unpaired) electrons. The van der Waals surface area contributed by atoms with E-state index in [1.807, 2.05) is 23.6 Å². The van der Waals surface area contributed by atoms with Gasteiger partial charge in [0, 0.05) is 18.7 Å². The predicted molar refractivity (Wildman–Crippen MR) is 107 cm³/mol. The molecule has 0 spiro atoms. The molecule has 0 bridgehead atoms. The highest BCUT2D eigenvalue weighted by Crippen LogP contribution is 2.35. The monoisotopic (exact) mass is 396 g/mol. The molecule has 0 unspecified atom stereocenters. The Morgan fingerprint density at radius 3 is 2.57 bits per heavy atom. The Labute approximate surface area is 168 Å². The number of nitrogens with one attached hydrogen (secondary N) is 1. The lowest BCUT2D eigenvalue weighted by Gasteiger charge is -2.30. The van der Waals surface area contributed by atoms with Crippen LogP contribution in [0, 0.1) is 6.92 Å². The highest BCUT2D eigenvalue weighted by Gasteiger charge is 2.39. The summed E-state index contributed by atoms with van der Waals surface area (Å²) in [5.74, 6) is 0.937. The Balaban J connectivity index is 1.53. The maximum absolute atomic E-state index is 13.0. The number of nitrogens with zero attached hydrogens (tertiary/aromatic N) is 3. The molecule has 1 aromatic carbocycles. The van der Waals surface area contributed by atoms with Gasteiger partial charge in [0.2, 0.25) is 5.89 Å². The van der Waals surface area contributed by atoms with E-state index in [1.165, 1.54) is 16.9 Å². The third kappa shape index (κ3) is 4.14. The Hall–Kier alpha value is -2.54. The number of rotatable bonds is 5. The van der Waals surface area contributed by atoms with Crippen molar-refractivity contribution in [3.8, 4) is 0 Å². The molecule has 3 aromatic rings. The Kier molecular flexibility index (Phi) is 5.52. The Morgan fingerprint density at radius 1 is 1.14 bits per heavy atom. The molecule has 1 fully saturated rings. The van der Waals surface area contributed by atoms with Crippen LogP contribution in [0.25, 0.3) is 0 Å². The zero-order valence-electron chi connectivity index (χ0n) is 16.0. The van der Waals surface area contributed by atoms with Gasteiger partial charge in [0.05, 0.1) is 5.01 Å². The molecule has 0 saturated heterocycles. The summed E-state index contributed by atoms with van der Waals surface area (Å²) in [6, 6.07) is 10.2. The van der Waals surface area contributed by atoms with Crippen molar-refractivity contribution >= 4 is 17.2 Å². The lowest BCUT2D eigenvalue weighted by Crippen LogP contribution is -2.46. The van der Waals surface area contributed by atoms with Crippen molar-refractivity contribution in [2.75, 3.05) is 0 Å². The summed E-state index contributed by atoms with van der Waals surface area (Å²) in [4.78, 5) is 22.0. The summed E-state index contributed by atoms with van der Waals surface area (Å²) in [6.45, 7) is 1.78. The predicted octanol–water partition coefficient (Wildman–Crippen LogP) is 4.40. The number of aryl methyl sites for hydroxylation is 1. The summed E-state index contributed by atoms with van der Waals surface area (Å²) in [7, 11) is 0. The van der Waals surface area contributed by atoms with Gasteiger partial charge in [0.25, 0.3) is 5.91 Å². The van der Waals surface area contributed by atoms with Crippen LogP contribution in [0.4, 0.5) is 0 Å². The lowest BCUT2D eigenvalue weighted by atomic mass is 9.89. The quantitative estimate of drug-likeness (QED) is 0.646. The van der Waals surface area contributed by atoms with Gasteiger partial charge in [-0.3, -0.25) is 4.79 Å². The maximum atomic E-state index is 13.0. The van der Waals surface area contributed by atoms with E-state index in [-0.39, 0.29) is 5.91 Å². The molecule has 1 saturated carbocycles. The number of benzene rings is 1. The van der Waals surface area contributed by atoms with Crippen molar-refractivity contribution in [2.24, 2.45) is 0 Å². The minimum absolute atomic E-state index is 0.167. The molecule has 1 amide bonds. The fourth-order valence-corrected chi connectivity index (χ4v) is 4.59. The molecule has 2 heterocycles. The second kappa shape index (κ2) is 8.22. The highest BCUT2D eigenvalue weighted by atomic mass is 32.1. The van der Waals surface area contributed by atoms with Crippen LogP contribution in [-0.4, -0.2) is 21.0 Å². The molecule has 28 heavy (non-hydrogen) atoms. The second-order valence-corrected chi connectivity index (χ2v) is 8.32. The number of carbonyl (C=O) groups excluding carboxylic acids is 1. The van der Waals surface area contributed by atoms with Crippen molar-refractivity contribution in [2.45, 2.75) is 57.4 Å². The molecule has 0 atom stereocenters. The van der Waals surface area contributed by atoms with Gasteiger partial charge in [0.15, 0.2) is 5.82 Å². The Bertz CT molecular complexity index is 927. The van der Waals surface area contributed by atoms with Gasteiger partial charge in [0.1, 0.15) is 11.2 Å². The standard InChI is InChI=1S/C21H24N4O2S/c1-15-22-20(25-27-15)21(11-7-2-3-8-12-21)24-19(26)17-14-28-18(23-17)13-16-9-5-4-6-10-16/h4-6,9-10,14H,2-3,7-8,11-13H2,1H3,(H,24,26). The van der Waals surface area contributed by atoms with E-state index in [0.29, 0.717) is 17.4 Å². The van der Waals surface area contributed by atoms with Crippen LogP contribution in [-0.2, 0) is 12.0 Å². The van der Waals surface area contributed by atoms with Crippen LogP contribution in [0.2, 0.25) is 0 Å². The minimum Gasteiger partial charge on any atom is -0.340 e. The van der Waals surface area contributed by atoms with E-state index < -0.39 is 5.54 Å². The summed E-state index contributed by atoms with van der Waals surface area (Å²) in [6.07, 6.45) is 6.75. The van der Waals surface area contributed by atoms with Gasteiger partial charge in [-0.1, -0.05) is 61.2 Å². The third-order valence-corrected chi connectivity index (χ3v) is 6.10. The fourth-order valence-electron chi connectivity index (χ4n) is 3.78. The summed E-state index contributed by atoms with van der Waals surface area (Å²) < 4.78 is 5.22. The molecule has 0 aliphatic heterocycles. The number of hydrogen-bond donors (Lipinski definition) is 1. The molecular weight excluding hydrogens is 372 g/mol. The number of thiazole rings is 1. The van der Waals surface area contributed by atoms with Crippen LogP contribution < -0.4 is 5.32 Å². The molecule has 146 valence electrons. The van der Waals surface area contributed by atoms with E-state index in [9.17, 15) is 4.79 Å². The SMILES string of the molecule is Cc1nc(C2(NC(=O)c3csc(Cc4ccccc4)n3)CCCCCC2)no1. The number of amides is 1. The second-order valence-electron chi connectivity index (χ2n) is 7.38. The number of carbonyl (C=O) groups is 1. The topological polar surface area (TPSA) is 80.9 Å². The van der Waals surface area contributed by atoms with Gasteiger partial charge in [-0.2, -0.15) is 4.98 Å². The summed E-state index contributed by atoms with van der Waals surface area (Å²) >= 11 is 1.52. The highest BCUT2D eigenvalue weighted by molar-refractivity contribution is 7.09. The normalized spacial score (nSPS) is 16.5. The zero-order chi connectivity index (χ0) is 19.4. The van der Waals surface area contributed by atoms with Gasteiger partial charge in [-0.05, 0) is 18.4 Å². The first kappa shape index (κ1) is 18.8. The first-order valence-corrected chi connectivity index (χ1v) is 10.6. The van der Waals surface area contributed by atoms with Gasteiger partial charge < -0.3 is 9.84 Å². The van der Waals surface area contributed by atoms with Crippen LogP contribution >= 0.6 is 11.3 Å². The van der Waals surface area contributed by atoms with Crippen LogP contribution in [0.3, 0.4) is 0 Å². The smallest absolute Gasteiger partial charge is 0.271 e. The average molecular weight is 397 g/mol. The van der Waals surface area contributed by atoms with Crippen molar-refractivity contribution in [1.82, 2.24) is 20.4 Å². The molecule has 7 heteroatoms. The van der Waals surface area contributed by atoms with Crippen LogP contribution in [0.15, 0.2) is 40.2 Å². The van der Waals surface area contributed by atoms with Crippen LogP contribution in [0.1, 0.15) is 71.3 Å². The molecule has 1 aliphatic rings. The molecule has 6 nitrogen and oxygen atoms in total. The minimum atomic E-state index is -0.575. The largest absolute Gasteiger partial charge is 0.340 e.